The Balaban J connectivity index is 1.65. The van der Waals surface area contributed by atoms with Gasteiger partial charge in [-0.25, -0.2) is 0 Å². The van der Waals surface area contributed by atoms with E-state index in [9.17, 15) is 0 Å². The Morgan fingerprint density at radius 2 is 1.95 bits per heavy atom. The molecular formula is C17H23N3OS. The van der Waals surface area contributed by atoms with Crippen molar-refractivity contribution in [1.29, 1.82) is 0 Å². The molecule has 1 aliphatic carbocycles. The van der Waals surface area contributed by atoms with E-state index in [2.05, 4.69) is 41.5 Å². The first kappa shape index (κ1) is 15.4. The summed E-state index contributed by atoms with van der Waals surface area (Å²) in [4.78, 5) is 0. The first-order chi connectivity index (χ1) is 10.7. The second-order valence-electron chi connectivity index (χ2n) is 6.18. The number of methoxy groups -OCH3 is 1. The van der Waals surface area contributed by atoms with Crippen LogP contribution in [0.1, 0.15) is 54.2 Å². The molecule has 22 heavy (non-hydrogen) atoms. The molecule has 118 valence electrons. The van der Waals surface area contributed by atoms with Gasteiger partial charge < -0.3 is 10.1 Å². The fourth-order valence-electron chi connectivity index (χ4n) is 2.58. The fraction of sp³-hybridized carbons (Fsp3) is 0.529. The Morgan fingerprint density at radius 1 is 1.23 bits per heavy atom. The van der Waals surface area contributed by atoms with E-state index in [1.807, 2.05) is 12.1 Å². The predicted octanol–water partition coefficient (Wildman–Crippen LogP) is 3.91. The van der Waals surface area contributed by atoms with Crippen LogP contribution in [0.3, 0.4) is 0 Å². The molecule has 0 bridgehead atoms. The zero-order valence-electron chi connectivity index (χ0n) is 13.4. The molecule has 1 saturated carbocycles. The first-order valence-corrected chi connectivity index (χ1v) is 8.68. The molecule has 1 aromatic carbocycles. The van der Waals surface area contributed by atoms with Crippen molar-refractivity contribution < 1.29 is 4.74 Å². The van der Waals surface area contributed by atoms with E-state index in [0.29, 0.717) is 17.9 Å². The lowest BCUT2D eigenvalue weighted by Crippen LogP contribution is -2.25. The predicted molar refractivity (Wildman–Crippen MR) is 89.3 cm³/mol. The summed E-state index contributed by atoms with van der Waals surface area (Å²) in [6.45, 7) is 5.24. The van der Waals surface area contributed by atoms with Crippen LogP contribution in [0.25, 0.3) is 0 Å². The molecule has 1 heterocycles. The number of nitrogens with one attached hydrogen (secondary N) is 1. The van der Waals surface area contributed by atoms with Crippen LogP contribution in [-0.2, 0) is 6.54 Å². The summed E-state index contributed by atoms with van der Waals surface area (Å²) in [6, 6.07) is 8.60. The standard InChI is InChI=1S/C17H23N3OS/c1-11(2)16(12-6-8-14(21-3)9-7-12)18-10-15-19-20-17(22-15)13-4-5-13/h6-9,11,13,16,18H,4-5,10H2,1-3H3. The molecule has 0 aliphatic heterocycles. The van der Waals surface area contributed by atoms with Gasteiger partial charge in [0.05, 0.1) is 13.7 Å². The third-order valence-electron chi connectivity index (χ3n) is 4.02. The van der Waals surface area contributed by atoms with Crippen molar-refractivity contribution in [2.45, 2.75) is 45.2 Å². The fourth-order valence-corrected chi connectivity index (χ4v) is 3.54. The highest BCUT2D eigenvalue weighted by Gasteiger charge is 2.27. The second-order valence-corrected chi connectivity index (χ2v) is 7.28. The summed E-state index contributed by atoms with van der Waals surface area (Å²) in [7, 11) is 1.69. The van der Waals surface area contributed by atoms with Crippen molar-refractivity contribution in [3.63, 3.8) is 0 Å². The summed E-state index contributed by atoms with van der Waals surface area (Å²) < 4.78 is 5.23. The lowest BCUT2D eigenvalue weighted by Gasteiger charge is -2.22. The van der Waals surface area contributed by atoms with E-state index in [-0.39, 0.29) is 0 Å². The van der Waals surface area contributed by atoms with Crippen molar-refractivity contribution in [2.24, 2.45) is 5.92 Å². The Morgan fingerprint density at radius 3 is 2.55 bits per heavy atom. The number of aromatic nitrogens is 2. The summed E-state index contributed by atoms with van der Waals surface area (Å²) in [5.41, 5.74) is 1.28. The highest BCUT2D eigenvalue weighted by Crippen LogP contribution is 2.41. The number of hydrogen-bond donors (Lipinski definition) is 1. The van der Waals surface area contributed by atoms with Gasteiger partial charge >= 0.3 is 0 Å². The molecule has 1 aromatic heterocycles. The topological polar surface area (TPSA) is 47.0 Å². The SMILES string of the molecule is COc1ccc(C(NCc2nnc(C3CC3)s2)C(C)C)cc1. The maximum absolute atomic E-state index is 5.23. The van der Waals surface area contributed by atoms with Crippen LogP contribution in [0.5, 0.6) is 5.75 Å². The molecule has 4 nitrogen and oxygen atoms in total. The lowest BCUT2D eigenvalue weighted by molar-refractivity contribution is 0.404. The van der Waals surface area contributed by atoms with Gasteiger partial charge in [-0.2, -0.15) is 0 Å². The van der Waals surface area contributed by atoms with E-state index < -0.39 is 0 Å². The maximum Gasteiger partial charge on any atom is 0.131 e. The lowest BCUT2D eigenvalue weighted by atomic mass is 9.96. The van der Waals surface area contributed by atoms with Crippen LogP contribution >= 0.6 is 11.3 Å². The van der Waals surface area contributed by atoms with Gasteiger partial charge in [-0.3, -0.25) is 0 Å². The van der Waals surface area contributed by atoms with E-state index in [1.165, 1.54) is 23.4 Å². The third kappa shape index (κ3) is 3.65. The molecule has 1 fully saturated rings. The molecule has 1 N–H and O–H groups in total. The van der Waals surface area contributed by atoms with Crippen LogP contribution in [0, 0.1) is 5.92 Å². The highest BCUT2D eigenvalue weighted by molar-refractivity contribution is 7.11. The van der Waals surface area contributed by atoms with Crippen molar-refractivity contribution in [3.05, 3.63) is 39.8 Å². The molecule has 2 aromatic rings. The molecule has 1 aliphatic rings. The normalized spacial score (nSPS) is 16.0. The average Bonchev–Trinajstić information content (AvgIpc) is 3.27. The van der Waals surface area contributed by atoms with E-state index in [0.717, 1.165) is 17.3 Å². The maximum atomic E-state index is 5.23. The minimum Gasteiger partial charge on any atom is -0.497 e. The van der Waals surface area contributed by atoms with Crippen LogP contribution in [-0.4, -0.2) is 17.3 Å². The van der Waals surface area contributed by atoms with Crippen LogP contribution < -0.4 is 10.1 Å². The molecule has 1 atom stereocenters. The van der Waals surface area contributed by atoms with Crippen molar-refractivity contribution in [2.75, 3.05) is 7.11 Å². The van der Waals surface area contributed by atoms with Crippen molar-refractivity contribution >= 4 is 11.3 Å². The zero-order chi connectivity index (χ0) is 15.5. The summed E-state index contributed by atoms with van der Waals surface area (Å²) >= 11 is 1.75. The minimum atomic E-state index is 0.305. The highest BCUT2D eigenvalue weighted by atomic mass is 32.1. The third-order valence-corrected chi connectivity index (χ3v) is 5.11. The summed E-state index contributed by atoms with van der Waals surface area (Å²) in [6.07, 6.45) is 2.56. The molecule has 0 saturated heterocycles. The Bertz CT molecular complexity index is 605. The monoisotopic (exact) mass is 317 g/mol. The Kier molecular flexibility index (Phi) is 4.74. The first-order valence-electron chi connectivity index (χ1n) is 7.87. The van der Waals surface area contributed by atoms with Crippen LogP contribution in [0.2, 0.25) is 0 Å². The molecule has 0 spiro atoms. The number of ether oxygens (including phenoxy) is 1. The van der Waals surface area contributed by atoms with E-state index in [1.54, 1.807) is 18.4 Å². The molecule has 3 rings (SSSR count). The van der Waals surface area contributed by atoms with Gasteiger partial charge in [-0.05, 0) is 36.5 Å². The molecular weight excluding hydrogens is 294 g/mol. The van der Waals surface area contributed by atoms with Crippen molar-refractivity contribution in [3.8, 4) is 5.75 Å². The molecule has 0 radical (unpaired) electrons. The van der Waals surface area contributed by atoms with Gasteiger partial charge in [0.2, 0.25) is 0 Å². The average molecular weight is 317 g/mol. The van der Waals surface area contributed by atoms with E-state index in [4.69, 9.17) is 4.74 Å². The van der Waals surface area contributed by atoms with Gasteiger partial charge in [-0.15, -0.1) is 10.2 Å². The number of hydrogen-bond acceptors (Lipinski definition) is 5. The largest absolute Gasteiger partial charge is 0.497 e. The quantitative estimate of drug-likeness (QED) is 0.841. The second kappa shape index (κ2) is 6.75. The van der Waals surface area contributed by atoms with Gasteiger partial charge in [0.15, 0.2) is 0 Å². The van der Waals surface area contributed by atoms with Gasteiger partial charge in [0.1, 0.15) is 15.8 Å². The van der Waals surface area contributed by atoms with Crippen molar-refractivity contribution in [1.82, 2.24) is 15.5 Å². The molecule has 5 heteroatoms. The van der Waals surface area contributed by atoms with Gasteiger partial charge in [0, 0.05) is 12.0 Å². The summed E-state index contributed by atoms with van der Waals surface area (Å²) in [5.74, 6) is 2.09. The summed E-state index contributed by atoms with van der Waals surface area (Å²) in [5, 5.41) is 14.5. The van der Waals surface area contributed by atoms with Gasteiger partial charge in [-0.1, -0.05) is 37.3 Å². The molecule has 1 unspecified atom stereocenters. The van der Waals surface area contributed by atoms with Crippen LogP contribution in [0.15, 0.2) is 24.3 Å². The molecule has 0 amide bonds. The smallest absolute Gasteiger partial charge is 0.131 e. The Hall–Kier alpha value is -1.46. The number of benzene rings is 1. The zero-order valence-corrected chi connectivity index (χ0v) is 14.2. The number of nitrogens with zero attached hydrogens (tertiary/aromatic N) is 2. The van der Waals surface area contributed by atoms with E-state index >= 15 is 0 Å². The van der Waals surface area contributed by atoms with Crippen LogP contribution in [0.4, 0.5) is 0 Å². The number of rotatable bonds is 7. The van der Waals surface area contributed by atoms with Gasteiger partial charge in [0.25, 0.3) is 0 Å². The minimum absolute atomic E-state index is 0.305. The Labute approximate surface area is 135 Å².